The van der Waals surface area contributed by atoms with E-state index in [2.05, 4.69) is 10.6 Å². The monoisotopic (exact) mass is 260 g/mol. The summed E-state index contributed by atoms with van der Waals surface area (Å²) in [4.78, 5) is 11.0. The van der Waals surface area contributed by atoms with Crippen LogP contribution in [0, 0.1) is 5.82 Å². The van der Waals surface area contributed by atoms with Crippen LogP contribution in [-0.4, -0.2) is 31.2 Å². The molecule has 94 valence electrons. The molecule has 6 heteroatoms. The first-order valence-corrected chi connectivity index (χ1v) is 5.41. The van der Waals surface area contributed by atoms with Gasteiger partial charge in [0.05, 0.1) is 11.1 Å². The molecular formula is C11H14ClFN2O2. The topological polar surface area (TPSA) is 61.4 Å². The van der Waals surface area contributed by atoms with Gasteiger partial charge in [-0.2, -0.15) is 0 Å². The lowest BCUT2D eigenvalue weighted by atomic mass is 9.99. The average Bonchev–Trinajstić information content (AvgIpc) is 2.29. The SMILES string of the molecule is CNC(C(=O)O)C(NC)c1ccc(F)c(Cl)c1. The molecule has 0 heterocycles. The molecular weight excluding hydrogens is 247 g/mol. The Labute approximate surface area is 104 Å². The van der Waals surface area contributed by atoms with Gasteiger partial charge in [-0.3, -0.25) is 4.79 Å². The largest absolute Gasteiger partial charge is 0.480 e. The molecule has 1 rings (SSSR count). The van der Waals surface area contributed by atoms with Crippen molar-refractivity contribution >= 4 is 17.6 Å². The maximum atomic E-state index is 13.0. The summed E-state index contributed by atoms with van der Waals surface area (Å²) in [6.07, 6.45) is 0. The van der Waals surface area contributed by atoms with Crippen molar-refractivity contribution in [3.05, 3.63) is 34.6 Å². The number of nitrogens with one attached hydrogen (secondary N) is 2. The number of carbonyl (C=O) groups is 1. The van der Waals surface area contributed by atoms with E-state index in [4.69, 9.17) is 16.7 Å². The molecule has 0 spiro atoms. The fourth-order valence-electron chi connectivity index (χ4n) is 1.66. The maximum Gasteiger partial charge on any atom is 0.322 e. The van der Waals surface area contributed by atoms with Crippen LogP contribution < -0.4 is 10.6 Å². The van der Waals surface area contributed by atoms with Gasteiger partial charge in [0.1, 0.15) is 11.9 Å². The van der Waals surface area contributed by atoms with Gasteiger partial charge in [-0.05, 0) is 31.8 Å². The first-order chi connectivity index (χ1) is 8.01. The zero-order chi connectivity index (χ0) is 13.0. The fraction of sp³-hybridized carbons (Fsp3) is 0.364. The van der Waals surface area contributed by atoms with Gasteiger partial charge in [-0.15, -0.1) is 0 Å². The van der Waals surface area contributed by atoms with Crippen molar-refractivity contribution in [2.24, 2.45) is 0 Å². The minimum Gasteiger partial charge on any atom is -0.480 e. The molecule has 0 aromatic heterocycles. The minimum absolute atomic E-state index is 0.0250. The highest BCUT2D eigenvalue weighted by Gasteiger charge is 2.27. The highest BCUT2D eigenvalue weighted by Crippen LogP contribution is 2.23. The van der Waals surface area contributed by atoms with Crippen molar-refractivity contribution < 1.29 is 14.3 Å². The normalized spacial score (nSPS) is 14.4. The lowest BCUT2D eigenvalue weighted by Crippen LogP contribution is -2.44. The molecule has 0 fully saturated rings. The Morgan fingerprint density at radius 2 is 2.06 bits per heavy atom. The predicted molar refractivity (Wildman–Crippen MR) is 63.7 cm³/mol. The third kappa shape index (κ3) is 3.15. The van der Waals surface area contributed by atoms with Gasteiger partial charge in [-0.1, -0.05) is 17.7 Å². The van der Waals surface area contributed by atoms with Crippen LogP contribution in [0.2, 0.25) is 5.02 Å². The highest BCUT2D eigenvalue weighted by atomic mass is 35.5. The van der Waals surface area contributed by atoms with Gasteiger partial charge in [0.25, 0.3) is 0 Å². The van der Waals surface area contributed by atoms with E-state index in [0.29, 0.717) is 5.56 Å². The minimum atomic E-state index is -0.993. The van der Waals surface area contributed by atoms with E-state index in [9.17, 15) is 9.18 Å². The van der Waals surface area contributed by atoms with Crippen LogP contribution in [0.15, 0.2) is 18.2 Å². The summed E-state index contributed by atoms with van der Waals surface area (Å²) in [6.45, 7) is 0. The third-order valence-electron chi connectivity index (χ3n) is 2.52. The fourth-order valence-corrected chi connectivity index (χ4v) is 1.85. The summed E-state index contributed by atoms with van der Waals surface area (Å²) in [5.41, 5.74) is 0.612. The summed E-state index contributed by atoms with van der Waals surface area (Å²) in [6, 6.07) is 2.84. The van der Waals surface area contributed by atoms with Crippen LogP contribution in [0.4, 0.5) is 4.39 Å². The number of carboxylic acids is 1. The van der Waals surface area contributed by atoms with Crippen LogP contribution in [0.5, 0.6) is 0 Å². The van der Waals surface area contributed by atoms with Gasteiger partial charge in [-0.25, -0.2) is 4.39 Å². The molecule has 0 bridgehead atoms. The number of halogens is 2. The van der Waals surface area contributed by atoms with E-state index in [-0.39, 0.29) is 5.02 Å². The first-order valence-electron chi connectivity index (χ1n) is 5.03. The van der Waals surface area contributed by atoms with E-state index >= 15 is 0 Å². The van der Waals surface area contributed by atoms with Gasteiger partial charge >= 0.3 is 5.97 Å². The van der Waals surface area contributed by atoms with Gasteiger partial charge in [0.2, 0.25) is 0 Å². The molecule has 17 heavy (non-hydrogen) atoms. The molecule has 0 aliphatic carbocycles. The molecule has 0 aliphatic heterocycles. The molecule has 0 saturated heterocycles. The smallest absolute Gasteiger partial charge is 0.322 e. The summed E-state index contributed by atoms with van der Waals surface area (Å²) >= 11 is 5.67. The Morgan fingerprint density at radius 3 is 2.47 bits per heavy atom. The van der Waals surface area contributed by atoms with Crippen molar-refractivity contribution in [2.45, 2.75) is 12.1 Å². The first kappa shape index (κ1) is 13.9. The number of hydrogen-bond acceptors (Lipinski definition) is 3. The lowest BCUT2D eigenvalue weighted by Gasteiger charge is -2.23. The lowest BCUT2D eigenvalue weighted by molar-refractivity contribution is -0.140. The van der Waals surface area contributed by atoms with Crippen molar-refractivity contribution in [1.29, 1.82) is 0 Å². The molecule has 1 aromatic carbocycles. The van der Waals surface area contributed by atoms with Crippen LogP contribution in [0.25, 0.3) is 0 Å². The van der Waals surface area contributed by atoms with Crippen LogP contribution in [0.3, 0.4) is 0 Å². The number of benzene rings is 1. The number of rotatable bonds is 5. The van der Waals surface area contributed by atoms with Crippen LogP contribution in [-0.2, 0) is 4.79 Å². The van der Waals surface area contributed by atoms with Crippen molar-refractivity contribution in [1.82, 2.24) is 10.6 Å². The van der Waals surface area contributed by atoms with E-state index in [1.165, 1.54) is 18.2 Å². The molecule has 1 aromatic rings. The second-order valence-corrected chi connectivity index (χ2v) is 3.95. The molecule has 0 amide bonds. The molecule has 4 nitrogen and oxygen atoms in total. The van der Waals surface area contributed by atoms with Gasteiger partial charge in [0.15, 0.2) is 0 Å². The average molecular weight is 261 g/mol. The van der Waals surface area contributed by atoms with E-state index in [0.717, 1.165) is 0 Å². The van der Waals surface area contributed by atoms with E-state index in [1.54, 1.807) is 14.1 Å². The summed E-state index contributed by atoms with van der Waals surface area (Å²) in [5.74, 6) is -1.52. The highest BCUT2D eigenvalue weighted by molar-refractivity contribution is 6.30. The molecule has 0 radical (unpaired) electrons. The summed E-state index contributed by atoms with van der Waals surface area (Å²) in [5, 5.41) is 14.6. The molecule has 2 atom stereocenters. The van der Waals surface area contributed by atoms with E-state index in [1.807, 2.05) is 0 Å². The van der Waals surface area contributed by atoms with Crippen molar-refractivity contribution in [3.8, 4) is 0 Å². The number of aliphatic carboxylic acids is 1. The molecule has 2 unspecified atom stereocenters. The Kier molecular flexibility index (Phi) is 4.86. The number of hydrogen-bond donors (Lipinski definition) is 3. The van der Waals surface area contributed by atoms with Crippen molar-refractivity contribution in [3.63, 3.8) is 0 Å². The zero-order valence-electron chi connectivity index (χ0n) is 9.50. The Hall–Kier alpha value is -1.17. The summed E-state index contributed by atoms with van der Waals surface area (Å²) < 4.78 is 13.0. The third-order valence-corrected chi connectivity index (χ3v) is 2.81. The van der Waals surface area contributed by atoms with Crippen LogP contribution in [0.1, 0.15) is 11.6 Å². The Balaban J connectivity index is 3.08. The Morgan fingerprint density at radius 1 is 1.41 bits per heavy atom. The standard InChI is InChI=1S/C11H14ClFN2O2/c1-14-9(10(15-2)11(16)17)6-3-4-8(13)7(12)5-6/h3-5,9-10,14-15H,1-2H3,(H,16,17). The second-order valence-electron chi connectivity index (χ2n) is 3.54. The summed E-state index contributed by atoms with van der Waals surface area (Å²) in [7, 11) is 3.18. The molecule has 3 N–H and O–H groups in total. The molecule has 0 saturated carbocycles. The Bertz CT molecular complexity index is 414. The predicted octanol–water partition coefficient (Wildman–Crippen LogP) is 1.41. The van der Waals surface area contributed by atoms with Gasteiger partial charge < -0.3 is 15.7 Å². The van der Waals surface area contributed by atoms with E-state index < -0.39 is 23.9 Å². The number of likely N-dealkylation sites (N-methyl/N-ethyl adjacent to an activating group) is 2. The van der Waals surface area contributed by atoms with Gasteiger partial charge in [0, 0.05) is 0 Å². The molecule has 0 aliphatic rings. The van der Waals surface area contributed by atoms with Crippen molar-refractivity contribution in [2.75, 3.05) is 14.1 Å². The quantitative estimate of drug-likeness (QED) is 0.749. The second kappa shape index (κ2) is 5.95. The van der Waals surface area contributed by atoms with Crippen LogP contribution >= 0.6 is 11.6 Å². The zero-order valence-corrected chi connectivity index (χ0v) is 10.3. The number of carboxylic acid groups (broad SMARTS) is 1. The maximum absolute atomic E-state index is 13.0.